The van der Waals surface area contributed by atoms with Crippen LogP contribution >= 0.6 is 11.3 Å². The SMILES string of the molecule is CN=C(NCc1nc(C)c(C)s1)NC(C)c1ccccc1. The highest BCUT2D eigenvalue weighted by Gasteiger charge is 2.08. The van der Waals surface area contributed by atoms with E-state index in [9.17, 15) is 0 Å². The van der Waals surface area contributed by atoms with Gasteiger partial charge in [-0.15, -0.1) is 11.3 Å². The summed E-state index contributed by atoms with van der Waals surface area (Å²) in [7, 11) is 1.78. The van der Waals surface area contributed by atoms with Gasteiger partial charge in [-0.1, -0.05) is 30.3 Å². The Balaban J connectivity index is 1.92. The van der Waals surface area contributed by atoms with E-state index in [1.165, 1.54) is 10.4 Å². The summed E-state index contributed by atoms with van der Waals surface area (Å²) in [6.07, 6.45) is 0. The average molecular weight is 302 g/mol. The molecule has 1 aromatic carbocycles. The first-order valence-corrected chi connectivity index (χ1v) is 7.87. The third kappa shape index (κ3) is 4.29. The van der Waals surface area contributed by atoms with Crippen molar-refractivity contribution in [2.45, 2.75) is 33.4 Å². The minimum Gasteiger partial charge on any atom is -0.350 e. The molecule has 0 spiro atoms. The lowest BCUT2D eigenvalue weighted by molar-refractivity contribution is 0.684. The molecule has 0 aliphatic heterocycles. The molecule has 2 rings (SSSR count). The first-order valence-electron chi connectivity index (χ1n) is 7.05. The van der Waals surface area contributed by atoms with Crippen LogP contribution in [0.25, 0.3) is 0 Å². The van der Waals surface area contributed by atoms with E-state index >= 15 is 0 Å². The molecule has 112 valence electrons. The summed E-state index contributed by atoms with van der Waals surface area (Å²) >= 11 is 1.73. The predicted octanol–water partition coefficient (Wildman–Crippen LogP) is 3.19. The third-order valence-corrected chi connectivity index (χ3v) is 4.43. The van der Waals surface area contributed by atoms with Crippen molar-refractivity contribution in [3.05, 3.63) is 51.5 Å². The lowest BCUT2D eigenvalue weighted by atomic mass is 10.1. The van der Waals surface area contributed by atoms with Gasteiger partial charge in [-0.3, -0.25) is 4.99 Å². The highest BCUT2D eigenvalue weighted by Crippen LogP contribution is 2.16. The number of aliphatic imine (C=N–C) groups is 1. The van der Waals surface area contributed by atoms with Crippen molar-refractivity contribution in [3.63, 3.8) is 0 Å². The highest BCUT2D eigenvalue weighted by molar-refractivity contribution is 7.11. The van der Waals surface area contributed by atoms with Crippen molar-refractivity contribution < 1.29 is 0 Å². The number of nitrogens with zero attached hydrogens (tertiary/aromatic N) is 2. The van der Waals surface area contributed by atoms with Gasteiger partial charge in [0, 0.05) is 11.9 Å². The van der Waals surface area contributed by atoms with Gasteiger partial charge in [-0.05, 0) is 26.3 Å². The quantitative estimate of drug-likeness (QED) is 0.673. The maximum absolute atomic E-state index is 4.53. The third-order valence-electron chi connectivity index (χ3n) is 3.36. The molecule has 0 fully saturated rings. The zero-order chi connectivity index (χ0) is 15.2. The van der Waals surface area contributed by atoms with Crippen LogP contribution in [0.3, 0.4) is 0 Å². The number of thiazole rings is 1. The van der Waals surface area contributed by atoms with Gasteiger partial charge in [0.05, 0.1) is 18.3 Å². The van der Waals surface area contributed by atoms with Crippen LogP contribution in [0.2, 0.25) is 0 Å². The Kier molecular flexibility index (Phi) is 5.33. The number of guanidine groups is 1. The summed E-state index contributed by atoms with van der Waals surface area (Å²) in [6, 6.07) is 10.5. The number of hydrogen-bond acceptors (Lipinski definition) is 3. The fraction of sp³-hybridized carbons (Fsp3) is 0.375. The molecule has 1 unspecified atom stereocenters. The Labute approximate surface area is 130 Å². The molecule has 5 heteroatoms. The second kappa shape index (κ2) is 7.22. The van der Waals surface area contributed by atoms with Crippen LogP contribution in [0.15, 0.2) is 35.3 Å². The summed E-state index contributed by atoms with van der Waals surface area (Å²) in [5.74, 6) is 0.789. The van der Waals surface area contributed by atoms with Crippen LogP contribution in [-0.2, 0) is 6.54 Å². The van der Waals surface area contributed by atoms with Crippen molar-refractivity contribution in [2.24, 2.45) is 4.99 Å². The summed E-state index contributed by atoms with van der Waals surface area (Å²) in [6.45, 7) is 6.96. The Morgan fingerprint density at radius 2 is 2.00 bits per heavy atom. The molecular formula is C16H22N4S. The van der Waals surface area contributed by atoms with Gasteiger partial charge in [-0.25, -0.2) is 4.98 Å². The Hall–Kier alpha value is -1.88. The summed E-state index contributed by atoms with van der Waals surface area (Å²) in [5, 5.41) is 7.79. The molecule has 1 aromatic heterocycles. The molecule has 0 bridgehead atoms. The average Bonchev–Trinajstić information content (AvgIpc) is 2.82. The zero-order valence-corrected chi connectivity index (χ0v) is 13.8. The predicted molar refractivity (Wildman–Crippen MR) is 89.8 cm³/mol. The van der Waals surface area contributed by atoms with Gasteiger partial charge in [-0.2, -0.15) is 0 Å². The molecular weight excluding hydrogens is 280 g/mol. The molecule has 21 heavy (non-hydrogen) atoms. The molecule has 0 radical (unpaired) electrons. The van der Waals surface area contributed by atoms with Gasteiger partial charge < -0.3 is 10.6 Å². The minimum atomic E-state index is 0.206. The van der Waals surface area contributed by atoms with Gasteiger partial charge in [0.15, 0.2) is 5.96 Å². The first kappa shape index (κ1) is 15.5. The fourth-order valence-corrected chi connectivity index (χ4v) is 2.87. The molecule has 1 heterocycles. The lowest BCUT2D eigenvalue weighted by Crippen LogP contribution is -2.38. The van der Waals surface area contributed by atoms with Crippen LogP contribution in [0.5, 0.6) is 0 Å². The molecule has 0 aliphatic carbocycles. The van der Waals surface area contributed by atoms with Crippen LogP contribution in [0.1, 0.15) is 34.1 Å². The molecule has 2 aromatic rings. The van der Waals surface area contributed by atoms with E-state index in [-0.39, 0.29) is 6.04 Å². The first-order chi connectivity index (χ1) is 10.1. The number of benzene rings is 1. The molecule has 1 atom stereocenters. The van der Waals surface area contributed by atoms with Crippen LogP contribution in [0, 0.1) is 13.8 Å². The van der Waals surface area contributed by atoms with E-state index in [1.807, 2.05) is 25.1 Å². The van der Waals surface area contributed by atoms with Crippen LogP contribution in [0.4, 0.5) is 0 Å². The van der Waals surface area contributed by atoms with Crippen molar-refractivity contribution in [1.82, 2.24) is 15.6 Å². The Bertz CT molecular complexity index is 584. The Morgan fingerprint density at radius 1 is 1.29 bits per heavy atom. The van der Waals surface area contributed by atoms with Crippen molar-refractivity contribution in [1.29, 1.82) is 0 Å². The van der Waals surface area contributed by atoms with E-state index in [0.717, 1.165) is 16.7 Å². The van der Waals surface area contributed by atoms with Crippen LogP contribution in [-0.4, -0.2) is 18.0 Å². The van der Waals surface area contributed by atoms with Gasteiger partial charge in [0.1, 0.15) is 5.01 Å². The molecule has 2 N–H and O–H groups in total. The van der Waals surface area contributed by atoms with E-state index in [0.29, 0.717) is 6.54 Å². The zero-order valence-electron chi connectivity index (χ0n) is 13.0. The maximum atomic E-state index is 4.53. The number of hydrogen-bond donors (Lipinski definition) is 2. The van der Waals surface area contributed by atoms with E-state index in [1.54, 1.807) is 18.4 Å². The summed E-state index contributed by atoms with van der Waals surface area (Å²) in [4.78, 5) is 10.1. The molecule has 0 saturated heterocycles. The number of aryl methyl sites for hydroxylation is 2. The van der Waals surface area contributed by atoms with Crippen molar-refractivity contribution >= 4 is 17.3 Å². The molecule has 0 aliphatic rings. The van der Waals surface area contributed by atoms with Gasteiger partial charge >= 0.3 is 0 Å². The second-order valence-electron chi connectivity index (χ2n) is 4.95. The molecule has 0 amide bonds. The van der Waals surface area contributed by atoms with E-state index in [2.05, 4.69) is 46.6 Å². The number of nitrogens with one attached hydrogen (secondary N) is 2. The topological polar surface area (TPSA) is 49.3 Å². The van der Waals surface area contributed by atoms with Gasteiger partial charge in [0.25, 0.3) is 0 Å². The van der Waals surface area contributed by atoms with Crippen molar-refractivity contribution in [3.8, 4) is 0 Å². The Morgan fingerprint density at radius 3 is 2.57 bits per heavy atom. The minimum absolute atomic E-state index is 0.206. The number of rotatable bonds is 4. The van der Waals surface area contributed by atoms with E-state index in [4.69, 9.17) is 0 Å². The monoisotopic (exact) mass is 302 g/mol. The molecule has 0 saturated carbocycles. The highest BCUT2D eigenvalue weighted by atomic mass is 32.1. The normalized spacial score (nSPS) is 13.0. The standard InChI is InChI=1S/C16H22N4S/c1-11-13(3)21-15(19-11)10-18-16(17-4)20-12(2)14-8-6-5-7-9-14/h5-9,12H,10H2,1-4H3,(H2,17,18,20). The summed E-state index contributed by atoms with van der Waals surface area (Å²) < 4.78 is 0. The smallest absolute Gasteiger partial charge is 0.191 e. The fourth-order valence-electron chi connectivity index (χ4n) is 2.00. The maximum Gasteiger partial charge on any atom is 0.191 e. The number of aromatic nitrogens is 1. The lowest BCUT2D eigenvalue weighted by Gasteiger charge is -2.17. The van der Waals surface area contributed by atoms with Gasteiger partial charge in [0.2, 0.25) is 0 Å². The van der Waals surface area contributed by atoms with Crippen molar-refractivity contribution in [2.75, 3.05) is 7.05 Å². The summed E-state index contributed by atoms with van der Waals surface area (Å²) in [5.41, 5.74) is 2.35. The van der Waals surface area contributed by atoms with Crippen LogP contribution < -0.4 is 10.6 Å². The largest absolute Gasteiger partial charge is 0.350 e. The molecule has 4 nitrogen and oxygen atoms in total. The second-order valence-corrected chi connectivity index (χ2v) is 6.24. The van der Waals surface area contributed by atoms with E-state index < -0.39 is 0 Å².